The summed E-state index contributed by atoms with van der Waals surface area (Å²) >= 11 is 0. The average molecular weight is 215 g/mol. The van der Waals surface area contributed by atoms with E-state index in [0.29, 0.717) is 5.52 Å². The molecule has 1 aromatic carbocycles. The van der Waals surface area contributed by atoms with Gasteiger partial charge in [0.15, 0.2) is 0 Å². The minimum atomic E-state index is 0.239. The highest BCUT2D eigenvalue weighted by Gasteiger charge is 1.96. The van der Waals surface area contributed by atoms with E-state index in [1.54, 1.807) is 18.3 Å². The molecule has 0 fully saturated rings. The van der Waals surface area contributed by atoms with Gasteiger partial charge in [-0.05, 0) is 12.1 Å². The van der Waals surface area contributed by atoms with Gasteiger partial charge in [-0.3, -0.25) is 4.98 Å². The highest BCUT2D eigenvalue weighted by molar-refractivity contribution is 5.83. The van der Waals surface area contributed by atoms with Crippen molar-refractivity contribution < 1.29 is 9.63 Å². The molecular weight excluding hydrogens is 206 g/mol. The molecule has 0 aliphatic heterocycles. The molecule has 0 aliphatic carbocycles. The summed E-state index contributed by atoms with van der Waals surface area (Å²) in [6, 6.07) is 9.13. The molecule has 0 unspecified atom stereocenters. The van der Waals surface area contributed by atoms with E-state index in [2.05, 4.69) is 19.9 Å². The number of fused-ring (bicyclic) bond motifs is 1. The van der Waals surface area contributed by atoms with Crippen LogP contribution in [0, 0.1) is 0 Å². The Morgan fingerprint density at radius 1 is 1.06 bits per heavy atom. The van der Waals surface area contributed by atoms with Gasteiger partial charge in [0.1, 0.15) is 17.5 Å². The van der Waals surface area contributed by atoms with Crippen LogP contribution in [0.3, 0.4) is 0 Å². The molecule has 0 amide bonds. The van der Waals surface area contributed by atoms with Gasteiger partial charge in [0.25, 0.3) is 0 Å². The number of phenols is 1. The Balaban J connectivity index is 0.000000162. The molecule has 0 bridgehead atoms. The second-order valence-corrected chi connectivity index (χ2v) is 2.94. The Bertz CT molecular complexity index is 529. The Hall–Kier alpha value is -2.43. The fourth-order valence-corrected chi connectivity index (χ4v) is 1.22. The zero-order valence-electron chi connectivity index (χ0n) is 8.32. The van der Waals surface area contributed by atoms with Crippen LogP contribution in [0.25, 0.3) is 10.9 Å². The molecule has 0 saturated heterocycles. The van der Waals surface area contributed by atoms with Crippen molar-refractivity contribution in [2.45, 2.75) is 0 Å². The summed E-state index contributed by atoms with van der Waals surface area (Å²) in [5, 5.41) is 16.7. The van der Waals surface area contributed by atoms with Gasteiger partial charge in [0.2, 0.25) is 0 Å². The van der Waals surface area contributed by atoms with E-state index in [9.17, 15) is 5.11 Å². The first kappa shape index (κ1) is 10.1. The first-order valence-corrected chi connectivity index (χ1v) is 4.61. The van der Waals surface area contributed by atoms with Crippen molar-refractivity contribution in [1.29, 1.82) is 0 Å². The maximum absolute atomic E-state index is 9.31. The van der Waals surface area contributed by atoms with Crippen LogP contribution in [0.4, 0.5) is 0 Å². The number of aromatic nitrogens is 3. The van der Waals surface area contributed by atoms with Crippen molar-refractivity contribution in [1.82, 2.24) is 15.4 Å². The molecular formula is C11H9N3O2. The van der Waals surface area contributed by atoms with Gasteiger partial charge in [-0.2, -0.15) is 0 Å². The summed E-state index contributed by atoms with van der Waals surface area (Å²) in [5.41, 5.74) is 0.662. The van der Waals surface area contributed by atoms with Crippen LogP contribution in [-0.4, -0.2) is 20.5 Å². The molecule has 3 aromatic rings. The summed E-state index contributed by atoms with van der Waals surface area (Å²) in [7, 11) is 0. The van der Waals surface area contributed by atoms with Gasteiger partial charge in [0, 0.05) is 16.9 Å². The van der Waals surface area contributed by atoms with Gasteiger partial charge < -0.3 is 9.63 Å². The first-order valence-electron chi connectivity index (χ1n) is 4.61. The summed E-state index contributed by atoms with van der Waals surface area (Å²) < 4.78 is 4.22. The van der Waals surface area contributed by atoms with Gasteiger partial charge in [-0.1, -0.05) is 18.2 Å². The highest BCUT2D eigenvalue weighted by Crippen LogP contribution is 2.20. The lowest BCUT2D eigenvalue weighted by molar-refractivity contribution is 0.393. The monoisotopic (exact) mass is 215 g/mol. The lowest BCUT2D eigenvalue weighted by Crippen LogP contribution is -1.76. The number of rotatable bonds is 0. The predicted octanol–water partition coefficient (Wildman–Crippen LogP) is 2.01. The van der Waals surface area contributed by atoms with Crippen LogP contribution in [0.2, 0.25) is 0 Å². The number of para-hydroxylation sites is 1. The SMILES string of the molecule is Oc1cccc2cccnc12.c1conn1. The summed E-state index contributed by atoms with van der Waals surface area (Å²) in [6.07, 6.45) is 4.54. The molecule has 3 rings (SSSR count). The van der Waals surface area contributed by atoms with Gasteiger partial charge in [-0.25, -0.2) is 0 Å². The summed E-state index contributed by atoms with van der Waals surface area (Å²) in [6.45, 7) is 0. The molecule has 5 nitrogen and oxygen atoms in total. The molecule has 0 spiro atoms. The third kappa shape index (κ3) is 2.33. The molecule has 0 aliphatic rings. The van der Waals surface area contributed by atoms with E-state index in [1.807, 2.05) is 18.2 Å². The fraction of sp³-hybridized carbons (Fsp3) is 0. The normalized spacial score (nSPS) is 9.50. The van der Waals surface area contributed by atoms with Crippen molar-refractivity contribution >= 4 is 10.9 Å². The van der Waals surface area contributed by atoms with Crippen LogP contribution in [-0.2, 0) is 0 Å². The Kier molecular flexibility index (Phi) is 3.08. The maximum atomic E-state index is 9.31. The minimum Gasteiger partial charge on any atom is -0.506 e. The smallest absolute Gasteiger partial charge is 0.144 e. The molecule has 16 heavy (non-hydrogen) atoms. The zero-order valence-corrected chi connectivity index (χ0v) is 8.32. The molecule has 5 heteroatoms. The molecule has 2 heterocycles. The van der Waals surface area contributed by atoms with Gasteiger partial charge in [0.05, 0.1) is 6.20 Å². The van der Waals surface area contributed by atoms with Crippen LogP contribution in [0.1, 0.15) is 0 Å². The molecule has 2 aromatic heterocycles. The third-order valence-electron chi connectivity index (χ3n) is 1.89. The molecule has 0 radical (unpaired) electrons. The number of hydrogen-bond donors (Lipinski definition) is 1. The maximum Gasteiger partial charge on any atom is 0.144 e. The second kappa shape index (κ2) is 4.88. The Morgan fingerprint density at radius 3 is 2.56 bits per heavy atom. The fourth-order valence-electron chi connectivity index (χ4n) is 1.22. The summed E-state index contributed by atoms with van der Waals surface area (Å²) in [4.78, 5) is 4.03. The standard InChI is InChI=1S/C9H7NO.C2H2N2O/c11-8-5-1-3-7-4-2-6-10-9(7)8;1-2-5-4-3-1/h1-6,11H;1-2H. The van der Waals surface area contributed by atoms with E-state index >= 15 is 0 Å². The number of nitrogens with zero attached hydrogens (tertiary/aromatic N) is 3. The van der Waals surface area contributed by atoms with Crippen molar-refractivity contribution in [3.8, 4) is 5.75 Å². The quantitative estimate of drug-likeness (QED) is 0.621. The number of benzene rings is 1. The first-order chi connectivity index (χ1) is 7.88. The van der Waals surface area contributed by atoms with E-state index in [1.165, 1.54) is 12.5 Å². The predicted molar refractivity (Wildman–Crippen MR) is 57.7 cm³/mol. The van der Waals surface area contributed by atoms with Crippen molar-refractivity contribution in [3.63, 3.8) is 0 Å². The van der Waals surface area contributed by atoms with E-state index < -0.39 is 0 Å². The lowest BCUT2D eigenvalue weighted by Gasteiger charge is -1.96. The van der Waals surface area contributed by atoms with Gasteiger partial charge in [-0.15, -0.1) is 5.10 Å². The van der Waals surface area contributed by atoms with Gasteiger partial charge >= 0.3 is 0 Å². The third-order valence-corrected chi connectivity index (χ3v) is 1.89. The molecule has 1 N–H and O–H groups in total. The summed E-state index contributed by atoms with van der Waals surface area (Å²) in [5.74, 6) is 0.239. The number of phenolic OH excluding ortho intramolecular Hbond substituents is 1. The van der Waals surface area contributed by atoms with E-state index in [0.717, 1.165) is 5.39 Å². The highest BCUT2D eigenvalue weighted by atomic mass is 16.5. The Morgan fingerprint density at radius 2 is 1.94 bits per heavy atom. The second-order valence-electron chi connectivity index (χ2n) is 2.94. The van der Waals surface area contributed by atoms with Crippen LogP contribution < -0.4 is 0 Å². The Labute approximate surface area is 91.3 Å². The minimum absolute atomic E-state index is 0.239. The van der Waals surface area contributed by atoms with Crippen LogP contribution in [0.15, 0.2) is 53.5 Å². The van der Waals surface area contributed by atoms with E-state index in [4.69, 9.17) is 0 Å². The lowest BCUT2D eigenvalue weighted by atomic mass is 10.2. The molecule has 0 atom stereocenters. The molecule has 0 saturated carbocycles. The average Bonchev–Trinajstić information content (AvgIpc) is 2.88. The van der Waals surface area contributed by atoms with Crippen molar-refractivity contribution in [2.24, 2.45) is 0 Å². The largest absolute Gasteiger partial charge is 0.506 e. The zero-order chi connectivity index (χ0) is 11.2. The van der Waals surface area contributed by atoms with Crippen LogP contribution >= 0.6 is 0 Å². The van der Waals surface area contributed by atoms with E-state index in [-0.39, 0.29) is 5.75 Å². The number of pyridine rings is 1. The number of hydrogen-bond acceptors (Lipinski definition) is 5. The number of aromatic hydroxyl groups is 1. The molecule has 80 valence electrons. The van der Waals surface area contributed by atoms with Crippen molar-refractivity contribution in [2.75, 3.05) is 0 Å². The van der Waals surface area contributed by atoms with Crippen LogP contribution in [0.5, 0.6) is 5.75 Å². The topological polar surface area (TPSA) is 72.0 Å². The van der Waals surface area contributed by atoms with Crippen molar-refractivity contribution in [3.05, 3.63) is 49.0 Å².